The van der Waals surface area contributed by atoms with Crippen molar-refractivity contribution < 1.29 is 24.3 Å². The first-order chi connectivity index (χ1) is 14.9. The molecule has 1 aliphatic carbocycles. The van der Waals surface area contributed by atoms with Crippen molar-refractivity contribution in [3.63, 3.8) is 0 Å². The molecule has 0 unspecified atom stereocenters. The minimum atomic E-state index is -0.665. The van der Waals surface area contributed by atoms with Gasteiger partial charge in [0.15, 0.2) is 17.2 Å². The van der Waals surface area contributed by atoms with E-state index in [1.807, 2.05) is 17.9 Å². The van der Waals surface area contributed by atoms with Crippen LogP contribution in [0.3, 0.4) is 0 Å². The highest BCUT2D eigenvalue weighted by atomic mass is 16.6. The summed E-state index contributed by atoms with van der Waals surface area (Å²) in [6.45, 7) is 3.58. The van der Waals surface area contributed by atoms with Crippen molar-refractivity contribution in [1.82, 2.24) is 4.90 Å². The van der Waals surface area contributed by atoms with E-state index in [-0.39, 0.29) is 22.9 Å². The lowest BCUT2D eigenvalue weighted by Gasteiger charge is -2.46. The summed E-state index contributed by atoms with van der Waals surface area (Å²) in [4.78, 5) is 25.6. The predicted octanol–water partition coefficient (Wildman–Crippen LogP) is 4.10. The number of hydrogen-bond donors (Lipinski definition) is 1. The molecule has 8 heteroatoms. The average molecular weight is 424 g/mol. The van der Waals surface area contributed by atoms with Gasteiger partial charge in [0.1, 0.15) is 13.2 Å². The summed E-state index contributed by atoms with van der Waals surface area (Å²) < 4.78 is 11.6. The van der Waals surface area contributed by atoms with Crippen LogP contribution in [0.5, 0.6) is 17.2 Å². The molecule has 31 heavy (non-hydrogen) atoms. The fourth-order valence-corrected chi connectivity index (χ4v) is 5.33. The van der Waals surface area contributed by atoms with E-state index in [0.29, 0.717) is 25.5 Å². The number of nitro groups is 1. The molecule has 2 aliphatic heterocycles. The molecule has 2 aromatic carbocycles. The summed E-state index contributed by atoms with van der Waals surface area (Å²) in [6.07, 6.45) is 4.18. The molecular formula is C23H24N2O6. The van der Waals surface area contributed by atoms with Gasteiger partial charge in [-0.3, -0.25) is 14.9 Å². The highest BCUT2D eigenvalue weighted by Gasteiger charge is 2.46. The zero-order valence-corrected chi connectivity index (χ0v) is 17.3. The van der Waals surface area contributed by atoms with Gasteiger partial charge in [0, 0.05) is 23.6 Å². The molecule has 5 rings (SSSR count). The quantitative estimate of drug-likeness (QED) is 0.575. The second-order valence-electron chi connectivity index (χ2n) is 8.64. The number of phenols is 1. The zero-order valence-electron chi connectivity index (χ0n) is 17.3. The second-order valence-corrected chi connectivity index (χ2v) is 8.64. The highest BCUT2D eigenvalue weighted by Crippen LogP contribution is 2.52. The molecule has 3 aliphatic rings. The Morgan fingerprint density at radius 1 is 1.16 bits per heavy atom. The number of rotatable bonds is 2. The number of aromatic hydroxyl groups is 1. The molecule has 2 heterocycles. The Hall–Kier alpha value is -3.29. The number of carbonyl (C=O) groups is 1. The van der Waals surface area contributed by atoms with E-state index in [0.717, 1.165) is 37.0 Å². The van der Waals surface area contributed by atoms with Gasteiger partial charge in [-0.05, 0) is 55.2 Å². The molecule has 8 nitrogen and oxygen atoms in total. The first-order valence-electron chi connectivity index (χ1n) is 10.6. The molecular weight excluding hydrogens is 400 g/mol. The molecule has 2 aromatic rings. The summed E-state index contributed by atoms with van der Waals surface area (Å²) in [6, 6.07) is 7.67. The lowest BCUT2D eigenvalue weighted by Crippen LogP contribution is -2.48. The van der Waals surface area contributed by atoms with Crippen LogP contribution in [-0.2, 0) is 5.41 Å². The maximum Gasteiger partial charge on any atom is 0.310 e. The third-order valence-corrected chi connectivity index (χ3v) is 6.92. The van der Waals surface area contributed by atoms with Crippen LogP contribution in [0.25, 0.3) is 0 Å². The molecule has 0 aromatic heterocycles. The van der Waals surface area contributed by atoms with E-state index in [1.54, 1.807) is 0 Å². The van der Waals surface area contributed by atoms with E-state index >= 15 is 0 Å². The molecule has 1 amide bonds. The van der Waals surface area contributed by atoms with Crippen molar-refractivity contribution in [3.05, 3.63) is 57.1 Å². The van der Waals surface area contributed by atoms with Crippen molar-refractivity contribution in [3.8, 4) is 17.2 Å². The largest absolute Gasteiger partial charge is 0.502 e. The van der Waals surface area contributed by atoms with Crippen LogP contribution in [0.1, 0.15) is 60.1 Å². The van der Waals surface area contributed by atoms with Gasteiger partial charge in [0.25, 0.3) is 5.91 Å². The van der Waals surface area contributed by atoms with Gasteiger partial charge in [-0.2, -0.15) is 0 Å². The number of fused-ring (bicyclic) bond motifs is 3. The number of nitro benzene ring substituents is 1. The van der Waals surface area contributed by atoms with E-state index < -0.39 is 16.4 Å². The summed E-state index contributed by atoms with van der Waals surface area (Å²) in [5.74, 6) is 0.719. The van der Waals surface area contributed by atoms with Gasteiger partial charge in [-0.15, -0.1) is 0 Å². The molecule has 1 spiro atoms. The fourth-order valence-electron chi connectivity index (χ4n) is 5.33. The Bertz CT molecular complexity index is 1080. The fraction of sp³-hybridized carbons (Fsp3) is 0.435. The molecule has 1 saturated carbocycles. The first kappa shape index (κ1) is 19.7. The first-order valence-corrected chi connectivity index (χ1v) is 10.6. The van der Waals surface area contributed by atoms with Gasteiger partial charge in [0.05, 0.1) is 11.0 Å². The van der Waals surface area contributed by atoms with Gasteiger partial charge in [0.2, 0.25) is 0 Å². The smallest absolute Gasteiger partial charge is 0.310 e. The molecule has 1 N–H and O–H groups in total. The Labute approximate surface area is 179 Å². The lowest BCUT2D eigenvalue weighted by molar-refractivity contribution is -0.385. The molecule has 0 bridgehead atoms. The molecule has 1 atom stereocenters. The van der Waals surface area contributed by atoms with Crippen LogP contribution in [0.4, 0.5) is 5.69 Å². The zero-order chi connectivity index (χ0) is 21.8. The number of nitrogens with zero attached hydrogens (tertiary/aromatic N) is 2. The monoisotopic (exact) mass is 424 g/mol. The van der Waals surface area contributed by atoms with E-state index in [9.17, 15) is 20.0 Å². The maximum atomic E-state index is 13.5. The Balaban J connectivity index is 1.56. The number of phenolic OH excluding ortho intramolecular Hbond substituents is 1. The van der Waals surface area contributed by atoms with Crippen LogP contribution >= 0.6 is 0 Å². The van der Waals surface area contributed by atoms with Crippen LogP contribution in [-0.4, -0.2) is 40.6 Å². The van der Waals surface area contributed by atoms with Gasteiger partial charge in [-0.1, -0.05) is 12.8 Å². The van der Waals surface area contributed by atoms with Crippen LogP contribution < -0.4 is 9.47 Å². The van der Waals surface area contributed by atoms with E-state index in [2.05, 4.69) is 6.07 Å². The molecule has 1 fully saturated rings. The van der Waals surface area contributed by atoms with Crippen molar-refractivity contribution >= 4 is 11.6 Å². The van der Waals surface area contributed by atoms with Crippen molar-refractivity contribution in [2.45, 2.75) is 44.1 Å². The summed E-state index contributed by atoms with van der Waals surface area (Å²) in [5.41, 5.74) is 1.97. The minimum absolute atomic E-state index is 0.143. The number of ether oxygens (including phenoxy) is 2. The van der Waals surface area contributed by atoms with Gasteiger partial charge < -0.3 is 19.5 Å². The third kappa shape index (κ3) is 3.08. The SMILES string of the molecule is C[C@H]1c2cc3c(cc2C2(CCCC2)CN1C(=O)c1ccc([N+](=O)[O-])c(O)c1)OCCO3. The topological polar surface area (TPSA) is 102 Å². The van der Waals surface area contributed by atoms with Crippen LogP contribution in [0.15, 0.2) is 30.3 Å². The Morgan fingerprint density at radius 2 is 1.84 bits per heavy atom. The van der Waals surface area contributed by atoms with Gasteiger partial charge in [-0.25, -0.2) is 0 Å². The number of benzene rings is 2. The lowest BCUT2D eigenvalue weighted by atomic mass is 9.71. The average Bonchev–Trinajstić information content (AvgIpc) is 3.24. The van der Waals surface area contributed by atoms with Crippen LogP contribution in [0, 0.1) is 10.1 Å². The highest BCUT2D eigenvalue weighted by molar-refractivity contribution is 5.95. The third-order valence-electron chi connectivity index (χ3n) is 6.92. The Kier molecular flexibility index (Phi) is 4.53. The summed E-state index contributed by atoms with van der Waals surface area (Å²) >= 11 is 0. The minimum Gasteiger partial charge on any atom is -0.502 e. The molecule has 0 saturated heterocycles. The van der Waals surface area contributed by atoms with E-state index in [4.69, 9.17) is 9.47 Å². The standard InChI is InChI=1S/C23H24N2O6/c1-14-16-11-20-21(31-9-8-30-20)12-17(16)23(6-2-3-7-23)13-24(14)22(27)15-4-5-18(25(28)29)19(26)10-15/h4-5,10-12,14,26H,2-3,6-9,13H2,1H3/t14-/m0/s1. The summed E-state index contributed by atoms with van der Waals surface area (Å²) in [5, 5.41) is 21.0. The second kappa shape index (κ2) is 7.14. The van der Waals surface area contributed by atoms with E-state index in [1.165, 1.54) is 23.8 Å². The van der Waals surface area contributed by atoms with Crippen molar-refractivity contribution in [1.29, 1.82) is 0 Å². The van der Waals surface area contributed by atoms with Gasteiger partial charge >= 0.3 is 5.69 Å². The van der Waals surface area contributed by atoms with Crippen molar-refractivity contribution in [2.24, 2.45) is 0 Å². The Morgan fingerprint density at radius 3 is 2.48 bits per heavy atom. The molecule has 162 valence electrons. The van der Waals surface area contributed by atoms with Crippen LogP contribution in [0.2, 0.25) is 0 Å². The maximum absolute atomic E-state index is 13.5. The van der Waals surface area contributed by atoms with Crippen molar-refractivity contribution in [2.75, 3.05) is 19.8 Å². The predicted molar refractivity (Wildman–Crippen MR) is 112 cm³/mol. The normalized spacial score (nSPS) is 21.1. The number of hydrogen-bond acceptors (Lipinski definition) is 6. The number of amides is 1. The molecule has 0 radical (unpaired) electrons. The summed E-state index contributed by atoms with van der Waals surface area (Å²) in [7, 11) is 0. The number of carbonyl (C=O) groups excluding carboxylic acids is 1.